The number of benzene rings is 1. The summed E-state index contributed by atoms with van der Waals surface area (Å²) in [6, 6.07) is 6.60. The van der Waals surface area contributed by atoms with Crippen LogP contribution in [0.25, 0.3) is 0 Å². The van der Waals surface area contributed by atoms with Gasteiger partial charge in [0.25, 0.3) is 5.91 Å². The molecule has 0 aromatic heterocycles. The van der Waals surface area contributed by atoms with Crippen molar-refractivity contribution in [1.82, 2.24) is 0 Å². The van der Waals surface area contributed by atoms with E-state index >= 15 is 0 Å². The number of esters is 1. The van der Waals surface area contributed by atoms with Gasteiger partial charge >= 0.3 is 5.97 Å². The molecule has 0 unspecified atom stereocenters. The molecular formula is C18H23NO4. The molecule has 5 heteroatoms. The van der Waals surface area contributed by atoms with Gasteiger partial charge in [0.05, 0.1) is 0 Å². The summed E-state index contributed by atoms with van der Waals surface area (Å²) in [7, 11) is 0. The zero-order valence-electron chi connectivity index (χ0n) is 13.6. The standard InChI is InChI=1S/C18H23NO4/c1-12(20)15-7-9-16(10-8-15)19-18(22)13(2)23-17(21)11-14-5-3-4-6-14/h7-10,13-14H,3-6,11H2,1-2H3,(H,19,22)/t13-/m0/s1. The molecule has 1 aromatic rings. The third-order valence-electron chi connectivity index (χ3n) is 4.17. The van der Waals surface area contributed by atoms with Gasteiger partial charge in [-0.15, -0.1) is 0 Å². The molecule has 1 aromatic carbocycles. The van der Waals surface area contributed by atoms with E-state index in [1.165, 1.54) is 19.8 Å². The fourth-order valence-electron chi connectivity index (χ4n) is 2.78. The SMILES string of the molecule is CC(=O)c1ccc(NC(=O)[C@H](C)OC(=O)CC2CCCC2)cc1. The summed E-state index contributed by atoms with van der Waals surface area (Å²) in [5.74, 6) is -0.319. The van der Waals surface area contributed by atoms with Gasteiger partial charge in [0, 0.05) is 17.7 Å². The summed E-state index contributed by atoms with van der Waals surface area (Å²) in [5.41, 5.74) is 1.15. The molecule has 5 nitrogen and oxygen atoms in total. The van der Waals surface area contributed by atoms with Crippen LogP contribution in [0.3, 0.4) is 0 Å². The average Bonchev–Trinajstić information content (AvgIpc) is 3.00. The Balaban J connectivity index is 1.81. The van der Waals surface area contributed by atoms with Gasteiger partial charge in [0.1, 0.15) is 0 Å². The van der Waals surface area contributed by atoms with Crippen molar-refractivity contribution in [1.29, 1.82) is 0 Å². The number of ketones is 1. The summed E-state index contributed by atoms with van der Waals surface area (Å²) < 4.78 is 5.20. The predicted molar refractivity (Wildman–Crippen MR) is 87.2 cm³/mol. The lowest BCUT2D eigenvalue weighted by molar-refractivity contribution is -0.154. The van der Waals surface area contributed by atoms with Crippen molar-refractivity contribution in [2.45, 2.75) is 52.1 Å². The third kappa shape index (κ3) is 5.20. The average molecular weight is 317 g/mol. The Labute approximate surface area is 136 Å². The predicted octanol–water partition coefficient (Wildman–Crippen LogP) is 3.34. The second-order valence-corrected chi connectivity index (χ2v) is 6.11. The molecule has 1 amide bonds. The molecule has 1 atom stereocenters. The van der Waals surface area contributed by atoms with E-state index in [1.807, 2.05) is 0 Å². The quantitative estimate of drug-likeness (QED) is 0.645. The van der Waals surface area contributed by atoms with Gasteiger partial charge in [-0.05, 0) is 56.9 Å². The first-order valence-corrected chi connectivity index (χ1v) is 8.07. The Morgan fingerprint density at radius 1 is 1.17 bits per heavy atom. The molecule has 0 heterocycles. The summed E-state index contributed by atoms with van der Waals surface area (Å²) in [4.78, 5) is 35.1. The van der Waals surface area contributed by atoms with E-state index in [1.54, 1.807) is 31.2 Å². The lowest BCUT2D eigenvalue weighted by atomic mass is 10.0. The second-order valence-electron chi connectivity index (χ2n) is 6.11. The van der Waals surface area contributed by atoms with Gasteiger partial charge in [0.15, 0.2) is 11.9 Å². The molecule has 2 rings (SSSR count). The number of anilines is 1. The third-order valence-corrected chi connectivity index (χ3v) is 4.17. The highest BCUT2D eigenvalue weighted by Gasteiger charge is 2.23. The van der Waals surface area contributed by atoms with Crippen molar-refractivity contribution >= 4 is 23.3 Å². The van der Waals surface area contributed by atoms with Gasteiger partial charge in [-0.1, -0.05) is 12.8 Å². The molecule has 1 fully saturated rings. The minimum Gasteiger partial charge on any atom is -0.453 e. The van der Waals surface area contributed by atoms with Gasteiger partial charge in [-0.3, -0.25) is 14.4 Å². The Bertz CT molecular complexity index is 573. The highest BCUT2D eigenvalue weighted by atomic mass is 16.5. The first kappa shape index (κ1) is 17.2. The molecule has 124 valence electrons. The van der Waals surface area contributed by atoms with Crippen molar-refractivity contribution in [3.63, 3.8) is 0 Å². The number of nitrogens with one attached hydrogen (secondary N) is 1. The van der Waals surface area contributed by atoms with Crippen LogP contribution in [-0.2, 0) is 14.3 Å². The van der Waals surface area contributed by atoms with Gasteiger partial charge in [-0.2, -0.15) is 0 Å². The Kier molecular flexibility index (Phi) is 5.90. The number of amides is 1. The Morgan fingerprint density at radius 2 is 1.78 bits per heavy atom. The smallest absolute Gasteiger partial charge is 0.306 e. The van der Waals surface area contributed by atoms with Crippen molar-refractivity contribution in [2.75, 3.05) is 5.32 Å². The maximum absolute atomic E-state index is 12.0. The maximum Gasteiger partial charge on any atom is 0.306 e. The van der Waals surface area contributed by atoms with E-state index in [0.717, 1.165) is 12.8 Å². The zero-order chi connectivity index (χ0) is 16.8. The van der Waals surface area contributed by atoms with Gasteiger partial charge in [0.2, 0.25) is 0 Å². The maximum atomic E-state index is 12.0. The topological polar surface area (TPSA) is 72.5 Å². The molecule has 1 saturated carbocycles. The highest BCUT2D eigenvalue weighted by molar-refractivity contribution is 5.97. The first-order chi connectivity index (χ1) is 11.0. The molecule has 0 saturated heterocycles. The fourth-order valence-corrected chi connectivity index (χ4v) is 2.78. The van der Waals surface area contributed by atoms with Gasteiger partial charge < -0.3 is 10.1 Å². The summed E-state index contributed by atoms with van der Waals surface area (Å²) in [5, 5.41) is 2.68. The molecule has 23 heavy (non-hydrogen) atoms. The number of hydrogen-bond acceptors (Lipinski definition) is 4. The van der Waals surface area contributed by atoms with E-state index in [2.05, 4.69) is 5.32 Å². The van der Waals surface area contributed by atoms with Crippen molar-refractivity contribution < 1.29 is 19.1 Å². The molecule has 0 spiro atoms. The number of Topliss-reactive ketones (excluding diaryl/α,β-unsaturated/α-hetero) is 1. The Morgan fingerprint density at radius 3 is 2.35 bits per heavy atom. The van der Waals surface area contributed by atoms with E-state index in [9.17, 15) is 14.4 Å². The van der Waals surface area contributed by atoms with Crippen LogP contribution >= 0.6 is 0 Å². The summed E-state index contributed by atoms with van der Waals surface area (Å²) in [6.45, 7) is 3.05. The fraction of sp³-hybridized carbons (Fsp3) is 0.500. The Hall–Kier alpha value is -2.17. The number of rotatable bonds is 6. The number of ether oxygens (including phenoxy) is 1. The van der Waals surface area contributed by atoms with Crippen LogP contribution in [0.5, 0.6) is 0 Å². The monoisotopic (exact) mass is 317 g/mol. The molecule has 1 aliphatic carbocycles. The molecule has 1 N–H and O–H groups in total. The molecular weight excluding hydrogens is 294 g/mol. The molecule has 0 bridgehead atoms. The minimum atomic E-state index is -0.837. The van der Waals surface area contributed by atoms with Crippen LogP contribution in [0.15, 0.2) is 24.3 Å². The van der Waals surface area contributed by atoms with Crippen LogP contribution in [-0.4, -0.2) is 23.8 Å². The summed E-state index contributed by atoms with van der Waals surface area (Å²) in [6.07, 6.45) is 4.03. The minimum absolute atomic E-state index is 0.0305. The van der Waals surface area contributed by atoms with Crippen molar-refractivity contribution in [3.05, 3.63) is 29.8 Å². The largest absolute Gasteiger partial charge is 0.453 e. The number of carbonyl (C=O) groups excluding carboxylic acids is 3. The molecule has 0 radical (unpaired) electrons. The van der Waals surface area contributed by atoms with E-state index in [-0.39, 0.29) is 17.7 Å². The van der Waals surface area contributed by atoms with E-state index in [0.29, 0.717) is 23.6 Å². The number of carbonyl (C=O) groups is 3. The number of hydrogen-bond donors (Lipinski definition) is 1. The zero-order valence-corrected chi connectivity index (χ0v) is 13.6. The first-order valence-electron chi connectivity index (χ1n) is 8.07. The highest BCUT2D eigenvalue weighted by Crippen LogP contribution is 2.27. The van der Waals surface area contributed by atoms with Gasteiger partial charge in [-0.25, -0.2) is 0 Å². The van der Waals surface area contributed by atoms with Crippen LogP contribution < -0.4 is 5.32 Å². The summed E-state index contributed by atoms with van der Waals surface area (Å²) >= 11 is 0. The van der Waals surface area contributed by atoms with Crippen molar-refractivity contribution in [2.24, 2.45) is 5.92 Å². The van der Waals surface area contributed by atoms with E-state index < -0.39 is 6.10 Å². The van der Waals surface area contributed by atoms with Crippen LogP contribution in [0.1, 0.15) is 56.3 Å². The van der Waals surface area contributed by atoms with Crippen LogP contribution in [0.4, 0.5) is 5.69 Å². The normalized spacial score (nSPS) is 15.9. The second kappa shape index (κ2) is 7.90. The van der Waals surface area contributed by atoms with Crippen LogP contribution in [0, 0.1) is 5.92 Å². The van der Waals surface area contributed by atoms with Crippen LogP contribution in [0.2, 0.25) is 0 Å². The lowest BCUT2D eigenvalue weighted by Gasteiger charge is -2.15. The lowest BCUT2D eigenvalue weighted by Crippen LogP contribution is -2.30. The van der Waals surface area contributed by atoms with E-state index in [4.69, 9.17) is 4.74 Å². The molecule has 0 aliphatic heterocycles. The molecule has 1 aliphatic rings. The van der Waals surface area contributed by atoms with Crippen molar-refractivity contribution in [3.8, 4) is 0 Å².